The van der Waals surface area contributed by atoms with Crippen molar-refractivity contribution in [3.05, 3.63) is 24.3 Å². The maximum absolute atomic E-state index is 11.7. The number of anilines is 2. The lowest BCUT2D eigenvalue weighted by Crippen LogP contribution is -2.47. The minimum Gasteiger partial charge on any atom is -0.374 e. The van der Waals surface area contributed by atoms with Crippen LogP contribution in [0.4, 0.5) is 11.4 Å². The second-order valence-electron chi connectivity index (χ2n) is 4.72. The first kappa shape index (κ1) is 15.3. The van der Waals surface area contributed by atoms with Crippen molar-refractivity contribution in [2.24, 2.45) is 0 Å². The zero-order valence-corrected chi connectivity index (χ0v) is 12.1. The van der Waals surface area contributed by atoms with Crippen LogP contribution in [0, 0.1) is 0 Å². The van der Waals surface area contributed by atoms with E-state index in [1.54, 1.807) is 24.3 Å². The van der Waals surface area contributed by atoms with Gasteiger partial charge in [0.25, 0.3) is 0 Å². The van der Waals surface area contributed by atoms with E-state index in [0.717, 1.165) is 0 Å². The molecule has 1 aliphatic rings. The van der Waals surface area contributed by atoms with Gasteiger partial charge in [-0.05, 0) is 24.6 Å². The molecule has 1 atom stereocenters. The van der Waals surface area contributed by atoms with Gasteiger partial charge in [0, 0.05) is 30.1 Å². The van der Waals surface area contributed by atoms with Gasteiger partial charge in [0.05, 0.1) is 0 Å². The molecular weight excluding hydrogens is 294 g/mol. The Morgan fingerprint density at radius 3 is 2.81 bits per heavy atom. The predicted molar refractivity (Wildman–Crippen MR) is 80.2 cm³/mol. The zero-order chi connectivity index (χ0) is 15.2. The highest BCUT2D eigenvalue weighted by Gasteiger charge is 2.26. The highest BCUT2D eigenvalue weighted by Crippen LogP contribution is 2.18. The number of rotatable bonds is 5. The fourth-order valence-corrected chi connectivity index (χ4v) is 2.20. The quantitative estimate of drug-likeness (QED) is 0.568. The van der Waals surface area contributed by atoms with Crippen LogP contribution in [0.3, 0.4) is 0 Å². The normalized spacial score (nSPS) is 18.0. The van der Waals surface area contributed by atoms with Crippen LogP contribution in [0.2, 0.25) is 0 Å². The van der Waals surface area contributed by atoms with E-state index in [1.807, 2.05) is 0 Å². The molecule has 112 valence electrons. The van der Waals surface area contributed by atoms with E-state index in [0.29, 0.717) is 24.2 Å². The van der Waals surface area contributed by atoms with Gasteiger partial charge in [0.2, 0.25) is 17.7 Å². The molecule has 1 fully saturated rings. The number of carbonyl (C=O) groups is 3. The lowest BCUT2D eigenvalue weighted by Gasteiger charge is -2.23. The van der Waals surface area contributed by atoms with Crippen LogP contribution in [0.15, 0.2) is 24.3 Å². The molecule has 7 heteroatoms. The fourth-order valence-electron chi connectivity index (χ4n) is 2.03. The molecule has 6 nitrogen and oxygen atoms in total. The first-order valence-electron chi connectivity index (χ1n) is 6.64. The lowest BCUT2D eigenvalue weighted by atomic mass is 10.1. The topological polar surface area (TPSA) is 87.3 Å². The molecule has 1 aromatic carbocycles. The van der Waals surface area contributed by atoms with Crippen molar-refractivity contribution in [1.29, 1.82) is 0 Å². The molecule has 3 N–H and O–H groups in total. The summed E-state index contributed by atoms with van der Waals surface area (Å²) in [7, 11) is 0. The minimum atomic E-state index is -0.448. The average Bonchev–Trinajstić information content (AvgIpc) is 2.42. The van der Waals surface area contributed by atoms with E-state index >= 15 is 0 Å². The molecule has 2 rings (SSSR count). The number of benzene rings is 1. The van der Waals surface area contributed by atoms with Gasteiger partial charge in [0.15, 0.2) is 0 Å². The molecule has 1 aromatic rings. The second-order valence-corrected chi connectivity index (χ2v) is 5.09. The standard InChI is InChI=1S/C14H16ClN3O3/c15-7-6-13(20)17-10-3-1-2-9(8-10)16-11-4-5-12(19)18-14(11)21/h1-3,8,11,16H,4-7H2,(H,17,20)(H,18,19,21). The van der Waals surface area contributed by atoms with Crippen molar-refractivity contribution in [1.82, 2.24) is 5.32 Å². The highest BCUT2D eigenvalue weighted by molar-refractivity contribution is 6.19. The van der Waals surface area contributed by atoms with Crippen molar-refractivity contribution in [3.8, 4) is 0 Å². The molecule has 1 heterocycles. The summed E-state index contributed by atoms with van der Waals surface area (Å²) in [5, 5.41) is 8.06. The molecule has 1 saturated heterocycles. The summed E-state index contributed by atoms with van der Waals surface area (Å²) in [5.74, 6) is -0.480. The summed E-state index contributed by atoms with van der Waals surface area (Å²) in [4.78, 5) is 34.3. The number of alkyl halides is 1. The molecule has 3 amide bonds. The van der Waals surface area contributed by atoms with Crippen molar-refractivity contribution < 1.29 is 14.4 Å². The SMILES string of the molecule is O=C1CCC(Nc2cccc(NC(=O)CCCl)c2)C(=O)N1. The predicted octanol–water partition coefficient (Wildman–Crippen LogP) is 1.47. The monoisotopic (exact) mass is 309 g/mol. The zero-order valence-electron chi connectivity index (χ0n) is 11.3. The van der Waals surface area contributed by atoms with E-state index < -0.39 is 6.04 Å². The molecular formula is C14H16ClN3O3. The van der Waals surface area contributed by atoms with Crippen molar-refractivity contribution >= 4 is 40.7 Å². The number of piperidine rings is 1. The van der Waals surface area contributed by atoms with Gasteiger partial charge >= 0.3 is 0 Å². The summed E-state index contributed by atoms with van der Waals surface area (Å²) in [5.41, 5.74) is 1.33. The number of nitrogens with one attached hydrogen (secondary N) is 3. The Hall–Kier alpha value is -2.08. The van der Waals surface area contributed by atoms with E-state index in [9.17, 15) is 14.4 Å². The maximum Gasteiger partial charge on any atom is 0.249 e. The van der Waals surface area contributed by atoms with E-state index in [-0.39, 0.29) is 30.0 Å². The van der Waals surface area contributed by atoms with Crippen LogP contribution >= 0.6 is 11.6 Å². The Labute approximate surface area is 127 Å². The molecule has 0 bridgehead atoms. The molecule has 21 heavy (non-hydrogen) atoms. The van der Waals surface area contributed by atoms with Crippen LogP contribution < -0.4 is 16.0 Å². The summed E-state index contributed by atoms with van der Waals surface area (Å²) < 4.78 is 0. The molecule has 0 aromatic heterocycles. The third kappa shape index (κ3) is 4.46. The highest BCUT2D eigenvalue weighted by atomic mass is 35.5. The van der Waals surface area contributed by atoms with Crippen LogP contribution in [0.5, 0.6) is 0 Å². The van der Waals surface area contributed by atoms with E-state index in [2.05, 4.69) is 16.0 Å². The van der Waals surface area contributed by atoms with Gasteiger partial charge in [-0.2, -0.15) is 0 Å². The van der Waals surface area contributed by atoms with Crippen molar-refractivity contribution in [2.45, 2.75) is 25.3 Å². The molecule has 1 aliphatic heterocycles. The number of carbonyl (C=O) groups excluding carboxylic acids is 3. The Morgan fingerprint density at radius 1 is 1.33 bits per heavy atom. The number of hydrogen-bond acceptors (Lipinski definition) is 4. The van der Waals surface area contributed by atoms with Gasteiger partial charge < -0.3 is 10.6 Å². The Kier molecular flexibility index (Phi) is 5.16. The number of imide groups is 1. The Bertz CT molecular complexity index is 562. The third-order valence-electron chi connectivity index (χ3n) is 3.05. The summed E-state index contributed by atoms with van der Waals surface area (Å²) >= 11 is 5.51. The smallest absolute Gasteiger partial charge is 0.249 e. The van der Waals surface area contributed by atoms with Crippen LogP contribution in [0.1, 0.15) is 19.3 Å². The first-order chi connectivity index (χ1) is 10.1. The van der Waals surface area contributed by atoms with Crippen molar-refractivity contribution in [2.75, 3.05) is 16.5 Å². The van der Waals surface area contributed by atoms with Gasteiger partial charge in [0.1, 0.15) is 6.04 Å². The van der Waals surface area contributed by atoms with Gasteiger partial charge in [-0.25, -0.2) is 0 Å². The fraction of sp³-hybridized carbons (Fsp3) is 0.357. The summed E-state index contributed by atoms with van der Waals surface area (Å²) in [6, 6.07) is 6.60. The van der Waals surface area contributed by atoms with Crippen molar-refractivity contribution in [3.63, 3.8) is 0 Å². The minimum absolute atomic E-state index is 0.164. The summed E-state index contributed by atoms with van der Waals surface area (Å²) in [6.07, 6.45) is 1.01. The van der Waals surface area contributed by atoms with Gasteiger partial charge in [-0.3, -0.25) is 19.7 Å². The van der Waals surface area contributed by atoms with Crippen LogP contribution in [-0.2, 0) is 14.4 Å². The maximum atomic E-state index is 11.7. The second kappa shape index (κ2) is 7.08. The first-order valence-corrected chi connectivity index (χ1v) is 7.18. The third-order valence-corrected chi connectivity index (χ3v) is 3.24. The van der Waals surface area contributed by atoms with Crippen LogP contribution in [-0.4, -0.2) is 29.6 Å². The molecule has 0 radical (unpaired) electrons. The average molecular weight is 310 g/mol. The van der Waals surface area contributed by atoms with E-state index in [1.165, 1.54) is 0 Å². The Morgan fingerprint density at radius 2 is 2.10 bits per heavy atom. The number of amides is 3. The molecule has 1 unspecified atom stereocenters. The largest absolute Gasteiger partial charge is 0.374 e. The number of hydrogen-bond donors (Lipinski definition) is 3. The Balaban J connectivity index is 1.99. The molecule has 0 spiro atoms. The van der Waals surface area contributed by atoms with Crippen LogP contribution in [0.25, 0.3) is 0 Å². The van der Waals surface area contributed by atoms with E-state index in [4.69, 9.17) is 11.6 Å². The number of halogens is 1. The van der Waals surface area contributed by atoms with Gasteiger partial charge in [-0.1, -0.05) is 6.07 Å². The summed E-state index contributed by atoms with van der Waals surface area (Å²) in [6.45, 7) is 0. The lowest BCUT2D eigenvalue weighted by molar-refractivity contribution is -0.133. The van der Waals surface area contributed by atoms with Gasteiger partial charge in [-0.15, -0.1) is 11.6 Å². The molecule has 0 aliphatic carbocycles. The molecule has 0 saturated carbocycles.